The first-order valence-electron chi connectivity index (χ1n) is 10.4. The van der Waals surface area contributed by atoms with Crippen molar-refractivity contribution in [3.63, 3.8) is 0 Å². The quantitative estimate of drug-likeness (QED) is 0.589. The number of ether oxygens (including phenoxy) is 1. The molecule has 0 bridgehead atoms. The largest absolute Gasteiger partial charge is 0.497 e. The predicted molar refractivity (Wildman–Crippen MR) is 120 cm³/mol. The van der Waals surface area contributed by atoms with Crippen LogP contribution in [0.5, 0.6) is 5.75 Å². The second-order valence-corrected chi connectivity index (χ2v) is 8.92. The van der Waals surface area contributed by atoms with E-state index in [4.69, 9.17) is 16.3 Å². The van der Waals surface area contributed by atoms with Crippen LogP contribution in [0.3, 0.4) is 0 Å². The Morgan fingerprint density at radius 2 is 2.17 bits per heavy atom. The zero-order valence-electron chi connectivity index (χ0n) is 16.9. The summed E-state index contributed by atoms with van der Waals surface area (Å²) in [4.78, 5) is 6.24. The van der Waals surface area contributed by atoms with E-state index in [9.17, 15) is 0 Å². The van der Waals surface area contributed by atoms with Crippen molar-refractivity contribution >= 4 is 22.5 Å². The third-order valence-corrected chi connectivity index (χ3v) is 7.39. The Kier molecular flexibility index (Phi) is 4.68. The lowest BCUT2D eigenvalue weighted by molar-refractivity contribution is 0.0896. The van der Waals surface area contributed by atoms with E-state index < -0.39 is 0 Å². The number of halogens is 1. The number of piperidine rings is 1. The van der Waals surface area contributed by atoms with Gasteiger partial charge in [0.15, 0.2) is 0 Å². The van der Waals surface area contributed by atoms with Crippen molar-refractivity contribution in [2.75, 3.05) is 26.7 Å². The Labute approximate surface area is 177 Å². The SMILES string of the molecule is C=CCN1CCC2(c3cccc(OC)c3)Cc3[nH]c4cccc(Cl)c4c3CC2C1. The van der Waals surface area contributed by atoms with Gasteiger partial charge in [-0.2, -0.15) is 0 Å². The summed E-state index contributed by atoms with van der Waals surface area (Å²) < 4.78 is 5.57. The third kappa shape index (κ3) is 2.99. The Morgan fingerprint density at radius 1 is 1.31 bits per heavy atom. The average molecular weight is 407 g/mol. The van der Waals surface area contributed by atoms with E-state index in [1.807, 2.05) is 24.3 Å². The smallest absolute Gasteiger partial charge is 0.119 e. The molecule has 1 N–H and O–H groups in total. The summed E-state index contributed by atoms with van der Waals surface area (Å²) in [5.41, 5.74) is 5.44. The van der Waals surface area contributed by atoms with Gasteiger partial charge in [0.2, 0.25) is 0 Å². The highest BCUT2D eigenvalue weighted by atomic mass is 35.5. The van der Waals surface area contributed by atoms with Gasteiger partial charge in [-0.1, -0.05) is 35.9 Å². The fourth-order valence-corrected chi connectivity index (χ4v) is 5.95. The molecule has 1 saturated heterocycles. The number of aromatic nitrogens is 1. The fraction of sp³-hybridized carbons (Fsp3) is 0.360. The highest BCUT2D eigenvalue weighted by molar-refractivity contribution is 6.35. The van der Waals surface area contributed by atoms with Crippen LogP contribution in [-0.4, -0.2) is 36.6 Å². The van der Waals surface area contributed by atoms with Crippen LogP contribution in [0, 0.1) is 5.92 Å². The third-order valence-electron chi connectivity index (χ3n) is 7.07. The number of fused-ring (bicyclic) bond motifs is 4. The molecular formula is C25H27ClN2O. The van der Waals surface area contributed by atoms with Crippen molar-refractivity contribution < 1.29 is 4.74 Å². The monoisotopic (exact) mass is 406 g/mol. The van der Waals surface area contributed by atoms with E-state index in [-0.39, 0.29) is 5.41 Å². The van der Waals surface area contributed by atoms with Gasteiger partial charge in [-0.05, 0) is 67.1 Å². The minimum absolute atomic E-state index is 0.118. The van der Waals surface area contributed by atoms with Gasteiger partial charge in [0, 0.05) is 35.1 Å². The van der Waals surface area contributed by atoms with Crippen molar-refractivity contribution in [3.8, 4) is 5.75 Å². The summed E-state index contributed by atoms with van der Waals surface area (Å²) in [5, 5.41) is 2.07. The van der Waals surface area contributed by atoms with Crippen molar-refractivity contribution in [1.29, 1.82) is 0 Å². The molecule has 2 atom stereocenters. The number of methoxy groups -OCH3 is 1. The Morgan fingerprint density at radius 3 is 3.00 bits per heavy atom. The number of hydrogen-bond donors (Lipinski definition) is 1. The van der Waals surface area contributed by atoms with Gasteiger partial charge in [-0.15, -0.1) is 6.58 Å². The Balaban J connectivity index is 1.65. The molecule has 5 rings (SSSR count). The van der Waals surface area contributed by atoms with E-state index in [2.05, 4.69) is 40.7 Å². The Bertz CT molecular complexity index is 1070. The molecule has 3 aromatic rings. The fourth-order valence-electron chi connectivity index (χ4n) is 5.66. The van der Waals surface area contributed by atoms with Gasteiger partial charge in [0.1, 0.15) is 5.75 Å². The molecular weight excluding hydrogens is 380 g/mol. The van der Waals surface area contributed by atoms with Crippen LogP contribution in [0.2, 0.25) is 5.02 Å². The van der Waals surface area contributed by atoms with E-state index in [0.717, 1.165) is 55.2 Å². The number of aromatic amines is 1. The van der Waals surface area contributed by atoms with Crippen molar-refractivity contribution in [3.05, 3.63) is 77.0 Å². The standard InChI is InChI=1S/C25H27ClN2O/c1-3-11-28-12-10-25(17-6-4-7-19(13-17)29-2)15-23-20(14-18(25)16-28)24-21(26)8-5-9-22(24)27-23/h3-9,13,18,27H,1,10-12,14-16H2,2H3. The lowest BCUT2D eigenvalue weighted by Crippen LogP contribution is -2.53. The maximum absolute atomic E-state index is 6.62. The molecule has 0 radical (unpaired) electrons. The Hall–Kier alpha value is -2.23. The van der Waals surface area contributed by atoms with Gasteiger partial charge in [0.25, 0.3) is 0 Å². The van der Waals surface area contributed by atoms with Gasteiger partial charge >= 0.3 is 0 Å². The molecule has 2 heterocycles. The molecule has 1 fully saturated rings. The van der Waals surface area contributed by atoms with E-state index in [0.29, 0.717) is 5.92 Å². The van der Waals surface area contributed by atoms with Gasteiger partial charge < -0.3 is 9.72 Å². The molecule has 1 aliphatic carbocycles. The second kappa shape index (κ2) is 7.23. The molecule has 0 saturated carbocycles. The first-order valence-corrected chi connectivity index (χ1v) is 10.8. The molecule has 1 aliphatic heterocycles. The molecule has 4 heteroatoms. The van der Waals surface area contributed by atoms with Crippen molar-refractivity contribution in [1.82, 2.24) is 9.88 Å². The second-order valence-electron chi connectivity index (χ2n) is 8.51. The highest BCUT2D eigenvalue weighted by Crippen LogP contribution is 2.50. The van der Waals surface area contributed by atoms with Crippen LogP contribution in [0.15, 0.2) is 55.1 Å². The molecule has 2 unspecified atom stereocenters. The molecule has 2 aliphatic rings. The topological polar surface area (TPSA) is 28.3 Å². The van der Waals surface area contributed by atoms with Crippen LogP contribution in [0.1, 0.15) is 23.2 Å². The zero-order chi connectivity index (χ0) is 20.0. The minimum atomic E-state index is 0.118. The predicted octanol–water partition coefficient (Wildman–Crippen LogP) is 5.37. The van der Waals surface area contributed by atoms with Gasteiger partial charge in [-0.25, -0.2) is 0 Å². The summed E-state index contributed by atoms with van der Waals surface area (Å²) in [6.07, 6.45) is 5.23. The summed E-state index contributed by atoms with van der Waals surface area (Å²) in [5.74, 6) is 1.47. The van der Waals surface area contributed by atoms with Crippen LogP contribution >= 0.6 is 11.6 Å². The van der Waals surface area contributed by atoms with Crippen LogP contribution in [-0.2, 0) is 18.3 Å². The lowest BCUT2D eigenvalue weighted by atomic mass is 9.58. The molecule has 3 nitrogen and oxygen atoms in total. The number of benzene rings is 2. The molecule has 1 aromatic heterocycles. The summed E-state index contributed by atoms with van der Waals surface area (Å²) >= 11 is 6.62. The maximum Gasteiger partial charge on any atom is 0.119 e. The van der Waals surface area contributed by atoms with Crippen molar-refractivity contribution in [2.45, 2.75) is 24.7 Å². The van der Waals surface area contributed by atoms with Crippen LogP contribution in [0.4, 0.5) is 0 Å². The highest BCUT2D eigenvalue weighted by Gasteiger charge is 2.48. The average Bonchev–Trinajstić information content (AvgIpc) is 3.10. The molecule has 150 valence electrons. The normalized spacial score (nSPS) is 24.1. The lowest BCUT2D eigenvalue weighted by Gasteiger charge is -2.51. The molecule has 0 spiro atoms. The molecule has 29 heavy (non-hydrogen) atoms. The summed E-state index contributed by atoms with van der Waals surface area (Å²) in [6.45, 7) is 7.08. The van der Waals surface area contributed by atoms with Crippen molar-refractivity contribution in [2.24, 2.45) is 5.92 Å². The first-order chi connectivity index (χ1) is 14.1. The van der Waals surface area contributed by atoms with Crippen LogP contribution in [0.25, 0.3) is 10.9 Å². The summed E-state index contributed by atoms with van der Waals surface area (Å²) in [7, 11) is 1.75. The molecule has 2 aromatic carbocycles. The van der Waals surface area contributed by atoms with Gasteiger partial charge in [-0.3, -0.25) is 4.90 Å². The first kappa shape index (κ1) is 18.8. The number of nitrogens with one attached hydrogen (secondary N) is 1. The van der Waals surface area contributed by atoms with E-state index >= 15 is 0 Å². The van der Waals surface area contributed by atoms with Gasteiger partial charge in [0.05, 0.1) is 12.1 Å². The number of likely N-dealkylation sites (tertiary alicyclic amines) is 1. The molecule has 0 amide bonds. The van der Waals surface area contributed by atoms with E-state index in [1.165, 1.54) is 22.2 Å². The number of H-pyrrole nitrogens is 1. The number of nitrogens with zero attached hydrogens (tertiary/aromatic N) is 1. The maximum atomic E-state index is 6.62. The van der Waals surface area contributed by atoms with E-state index in [1.54, 1.807) is 7.11 Å². The minimum Gasteiger partial charge on any atom is -0.497 e. The van der Waals surface area contributed by atoms with Crippen LogP contribution < -0.4 is 4.74 Å². The summed E-state index contributed by atoms with van der Waals surface area (Å²) in [6, 6.07) is 14.9. The number of rotatable bonds is 4. The number of hydrogen-bond acceptors (Lipinski definition) is 2. The zero-order valence-corrected chi connectivity index (χ0v) is 17.6.